The number of nitrogens with zero attached hydrogens (tertiary/aromatic N) is 3. The number of fused-ring (bicyclic) bond motifs is 1. The smallest absolute Gasteiger partial charge is 0.194 e. The molecule has 5 rings (SSSR count). The second-order valence-electron chi connectivity index (χ2n) is 8.67. The molecule has 0 aromatic heterocycles. The van der Waals surface area contributed by atoms with Crippen LogP contribution in [-0.4, -0.2) is 12.3 Å². The predicted octanol–water partition coefficient (Wildman–Crippen LogP) is 5.24. The Balaban J connectivity index is 1.69. The number of anilines is 1. The maximum Gasteiger partial charge on any atom is 0.194 e. The Bertz CT molecular complexity index is 1310. The minimum atomic E-state index is -0.196. The van der Waals surface area contributed by atoms with Crippen LogP contribution in [0.1, 0.15) is 47.3 Å². The number of carbonyl (C=O) groups is 1. The summed E-state index contributed by atoms with van der Waals surface area (Å²) >= 11 is 0. The van der Waals surface area contributed by atoms with Crippen molar-refractivity contribution in [3.8, 4) is 12.1 Å². The van der Waals surface area contributed by atoms with Crippen molar-refractivity contribution in [2.45, 2.75) is 32.1 Å². The number of benzene rings is 2. The van der Waals surface area contributed by atoms with Crippen molar-refractivity contribution >= 4 is 17.0 Å². The fraction of sp³-hybridized carbons (Fsp3) is 0.222. The molecule has 2 aromatic carbocycles. The van der Waals surface area contributed by atoms with Gasteiger partial charge >= 0.3 is 0 Å². The van der Waals surface area contributed by atoms with Crippen LogP contribution in [0.15, 0.2) is 71.5 Å². The van der Waals surface area contributed by atoms with Crippen LogP contribution in [0.5, 0.6) is 0 Å². The molecule has 2 heterocycles. The van der Waals surface area contributed by atoms with E-state index in [2.05, 4.69) is 36.9 Å². The lowest BCUT2D eigenvalue weighted by Gasteiger charge is -2.30. The van der Waals surface area contributed by atoms with Gasteiger partial charge in [-0.25, -0.2) is 0 Å². The zero-order valence-corrected chi connectivity index (χ0v) is 17.6. The molecule has 0 atom stereocenters. The van der Waals surface area contributed by atoms with Crippen LogP contribution in [0.3, 0.4) is 0 Å². The Kier molecular flexibility index (Phi) is 4.20. The van der Waals surface area contributed by atoms with E-state index in [0.29, 0.717) is 22.3 Å². The second-order valence-corrected chi connectivity index (χ2v) is 8.67. The zero-order valence-electron chi connectivity index (χ0n) is 17.6. The van der Waals surface area contributed by atoms with Crippen LogP contribution in [-0.2, 0) is 11.8 Å². The standard InChI is InChI=1S/C27H21N3O/c1-27(2)22-11-5-7-17-8-6-14-30(25(17)22)23(27)13-12-21-24(18(15-28)16-29)19-9-3-4-10-20(19)26(21)31/h3-5,7,9-13H,6,8,14H2,1-2H3/b21-12+,23-13+. The molecule has 0 amide bonds. The van der Waals surface area contributed by atoms with Crippen molar-refractivity contribution in [2.24, 2.45) is 0 Å². The molecule has 0 spiro atoms. The first-order valence-electron chi connectivity index (χ1n) is 10.5. The van der Waals surface area contributed by atoms with Gasteiger partial charge in [-0.05, 0) is 41.7 Å². The van der Waals surface area contributed by atoms with Gasteiger partial charge in [-0.2, -0.15) is 10.5 Å². The van der Waals surface area contributed by atoms with Crippen LogP contribution in [0.4, 0.5) is 5.69 Å². The van der Waals surface area contributed by atoms with Gasteiger partial charge in [-0.3, -0.25) is 4.79 Å². The van der Waals surface area contributed by atoms with E-state index in [1.807, 2.05) is 30.4 Å². The summed E-state index contributed by atoms with van der Waals surface area (Å²) in [4.78, 5) is 15.6. The molecule has 0 saturated heterocycles. The first-order valence-corrected chi connectivity index (χ1v) is 10.5. The van der Waals surface area contributed by atoms with E-state index < -0.39 is 0 Å². The molecule has 4 nitrogen and oxygen atoms in total. The largest absolute Gasteiger partial charge is 0.344 e. The second kappa shape index (κ2) is 6.83. The molecule has 0 saturated carbocycles. The van der Waals surface area contributed by atoms with Gasteiger partial charge in [0.15, 0.2) is 5.78 Å². The fourth-order valence-electron chi connectivity index (χ4n) is 5.20. The monoisotopic (exact) mass is 403 g/mol. The first-order chi connectivity index (χ1) is 15.0. The van der Waals surface area contributed by atoms with Crippen molar-refractivity contribution in [1.29, 1.82) is 10.5 Å². The highest BCUT2D eigenvalue weighted by molar-refractivity contribution is 6.27. The highest BCUT2D eigenvalue weighted by atomic mass is 16.1. The third kappa shape index (κ3) is 2.62. The van der Waals surface area contributed by atoms with E-state index in [-0.39, 0.29) is 16.8 Å². The quantitative estimate of drug-likeness (QED) is 0.482. The van der Waals surface area contributed by atoms with Crippen LogP contribution in [0.2, 0.25) is 0 Å². The van der Waals surface area contributed by atoms with Crippen molar-refractivity contribution < 1.29 is 4.79 Å². The summed E-state index contributed by atoms with van der Waals surface area (Å²) in [5.74, 6) is -0.141. The van der Waals surface area contributed by atoms with Gasteiger partial charge < -0.3 is 4.90 Å². The Morgan fingerprint density at radius 1 is 1.03 bits per heavy atom. The lowest BCUT2D eigenvalue weighted by atomic mass is 9.83. The summed E-state index contributed by atoms with van der Waals surface area (Å²) in [6, 6.07) is 17.7. The average molecular weight is 403 g/mol. The summed E-state index contributed by atoms with van der Waals surface area (Å²) in [6.07, 6.45) is 5.99. The predicted molar refractivity (Wildman–Crippen MR) is 120 cm³/mol. The highest BCUT2D eigenvalue weighted by Crippen LogP contribution is 2.51. The molecule has 4 heteroatoms. The number of para-hydroxylation sites is 1. The van der Waals surface area contributed by atoms with Crippen LogP contribution in [0.25, 0.3) is 5.57 Å². The molecule has 2 aliphatic heterocycles. The van der Waals surface area contributed by atoms with Gasteiger partial charge in [0.1, 0.15) is 17.7 Å². The summed E-state index contributed by atoms with van der Waals surface area (Å²) in [6.45, 7) is 5.37. The Morgan fingerprint density at radius 3 is 2.52 bits per heavy atom. The van der Waals surface area contributed by atoms with E-state index in [1.165, 1.54) is 16.8 Å². The first kappa shape index (κ1) is 19.1. The molecule has 0 fully saturated rings. The van der Waals surface area contributed by atoms with Gasteiger partial charge in [-0.15, -0.1) is 0 Å². The summed E-state index contributed by atoms with van der Waals surface area (Å²) in [5.41, 5.74) is 6.94. The summed E-state index contributed by atoms with van der Waals surface area (Å²) < 4.78 is 0. The normalized spacial score (nSPS) is 20.5. The van der Waals surface area contributed by atoms with E-state index in [0.717, 1.165) is 25.1 Å². The van der Waals surface area contributed by atoms with E-state index in [9.17, 15) is 15.3 Å². The van der Waals surface area contributed by atoms with Gasteiger partial charge in [-0.1, -0.05) is 56.3 Å². The maximum absolute atomic E-state index is 13.2. The topological polar surface area (TPSA) is 67.9 Å². The molecular weight excluding hydrogens is 382 g/mol. The fourth-order valence-corrected chi connectivity index (χ4v) is 5.20. The third-order valence-electron chi connectivity index (χ3n) is 6.66. The van der Waals surface area contributed by atoms with Gasteiger partial charge in [0.2, 0.25) is 0 Å². The van der Waals surface area contributed by atoms with Crippen molar-refractivity contribution in [1.82, 2.24) is 0 Å². The molecule has 0 radical (unpaired) electrons. The molecule has 150 valence electrons. The summed E-state index contributed by atoms with van der Waals surface area (Å²) in [5, 5.41) is 19.0. The van der Waals surface area contributed by atoms with Gasteiger partial charge in [0.25, 0.3) is 0 Å². The number of hydrogen-bond acceptors (Lipinski definition) is 4. The number of aryl methyl sites for hydroxylation is 1. The molecule has 0 unspecified atom stereocenters. The average Bonchev–Trinajstić information content (AvgIpc) is 3.18. The SMILES string of the molecule is CC1(C)/C(=C\C=C2\C(=O)c3ccccc3C2=C(C#N)C#N)N2CCCc3cccc1c32. The number of carbonyl (C=O) groups excluding carboxylic acids is 1. The van der Waals surface area contributed by atoms with Crippen LogP contribution >= 0.6 is 0 Å². The van der Waals surface area contributed by atoms with Crippen molar-refractivity contribution in [3.05, 3.63) is 93.7 Å². The van der Waals surface area contributed by atoms with Gasteiger partial charge in [0, 0.05) is 40.1 Å². The molecule has 0 N–H and O–H groups in total. The third-order valence-corrected chi connectivity index (χ3v) is 6.66. The Morgan fingerprint density at radius 2 is 1.77 bits per heavy atom. The van der Waals surface area contributed by atoms with Crippen molar-refractivity contribution in [2.75, 3.05) is 11.4 Å². The molecule has 2 aromatic rings. The minimum absolute atomic E-state index is 0.0304. The van der Waals surface area contributed by atoms with E-state index >= 15 is 0 Å². The van der Waals surface area contributed by atoms with E-state index in [1.54, 1.807) is 18.2 Å². The molecule has 0 bridgehead atoms. The number of nitriles is 2. The number of Topliss-reactive ketones (excluding diaryl/α,β-unsaturated/α-hetero) is 1. The number of ketones is 1. The molecular formula is C27H21N3O. The summed E-state index contributed by atoms with van der Waals surface area (Å²) in [7, 11) is 0. The Hall–Kier alpha value is -3.89. The van der Waals surface area contributed by atoms with Crippen LogP contribution < -0.4 is 4.90 Å². The minimum Gasteiger partial charge on any atom is -0.344 e. The number of hydrogen-bond donors (Lipinski definition) is 0. The van der Waals surface area contributed by atoms with Crippen LogP contribution in [0, 0.1) is 22.7 Å². The number of allylic oxidation sites excluding steroid dienone is 6. The highest BCUT2D eigenvalue weighted by Gasteiger charge is 2.42. The van der Waals surface area contributed by atoms with E-state index in [4.69, 9.17) is 0 Å². The molecule has 1 aliphatic carbocycles. The van der Waals surface area contributed by atoms with Crippen molar-refractivity contribution in [3.63, 3.8) is 0 Å². The van der Waals surface area contributed by atoms with Gasteiger partial charge in [0.05, 0.1) is 0 Å². The number of rotatable bonds is 1. The zero-order chi connectivity index (χ0) is 21.8. The molecule has 31 heavy (non-hydrogen) atoms. The Labute approximate surface area is 182 Å². The maximum atomic E-state index is 13.2. The lowest BCUT2D eigenvalue weighted by Crippen LogP contribution is -2.29. The molecule has 3 aliphatic rings. The lowest BCUT2D eigenvalue weighted by molar-refractivity contribution is 0.104.